The average Bonchev–Trinajstić information content (AvgIpc) is 2.83. The topological polar surface area (TPSA) is 38.3 Å². The van der Waals surface area contributed by atoms with Crippen LogP contribution in [0.5, 0.6) is 0 Å². The first-order valence-corrected chi connectivity index (χ1v) is 5.67. The minimum absolute atomic E-state index is 0.157. The van der Waals surface area contributed by atoms with Crippen LogP contribution in [-0.4, -0.2) is 32.6 Å². The molecule has 86 valence electrons. The minimum Gasteiger partial charge on any atom is -0.381 e. The molecule has 0 radical (unpaired) electrons. The van der Waals surface area contributed by atoms with Crippen LogP contribution in [0.15, 0.2) is 24.3 Å². The molecule has 0 spiro atoms. The summed E-state index contributed by atoms with van der Waals surface area (Å²) in [6.45, 7) is 1.94. The second-order valence-corrected chi connectivity index (χ2v) is 4.10. The predicted molar refractivity (Wildman–Crippen MR) is 62.9 cm³/mol. The lowest BCUT2D eigenvalue weighted by Crippen LogP contribution is -2.20. The van der Waals surface area contributed by atoms with Crippen molar-refractivity contribution in [1.82, 2.24) is 5.32 Å². The van der Waals surface area contributed by atoms with E-state index in [1.54, 1.807) is 7.05 Å². The highest BCUT2D eigenvalue weighted by Gasteiger charge is 2.22. The molecule has 0 aliphatic carbocycles. The number of hydrogen-bond donors (Lipinski definition) is 1. The van der Waals surface area contributed by atoms with E-state index in [9.17, 15) is 4.79 Å². The predicted octanol–water partition coefficient (Wildman–Crippen LogP) is 1.59. The fourth-order valence-corrected chi connectivity index (χ4v) is 2.14. The van der Waals surface area contributed by atoms with Crippen molar-refractivity contribution in [3.63, 3.8) is 0 Å². The summed E-state index contributed by atoms with van der Waals surface area (Å²) in [4.78, 5) is 11.9. The minimum atomic E-state index is 0.157. The van der Waals surface area contributed by atoms with Gasteiger partial charge >= 0.3 is 0 Å². The van der Waals surface area contributed by atoms with E-state index in [1.165, 1.54) is 0 Å². The van der Waals surface area contributed by atoms with Crippen LogP contribution in [0.1, 0.15) is 28.3 Å². The van der Waals surface area contributed by atoms with Gasteiger partial charge in [-0.15, -0.1) is 0 Å². The van der Waals surface area contributed by atoms with Crippen molar-refractivity contribution in [3.05, 3.63) is 35.4 Å². The number of benzene rings is 1. The van der Waals surface area contributed by atoms with Gasteiger partial charge in [0.15, 0.2) is 5.78 Å². The van der Waals surface area contributed by atoms with Gasteiger partial charge in [0, 0.05) is 18.1 Å². The largest absolute Gasteiger partial charge is 0.381 e. The number of rotatable bonds is 4. The van der Waals surface area contributed by atoms with Crippen molar-refractivity contribution in [2.75, 3.05) is 26.8 Å². The molecule has 1 fully saturated rings. The molecule has 1 aromatic rings. The Labute approximate surface area is 95.8 Å². The van der Waals surface area contributed by atoms with E-state index in [-0.39, 0.29) is 5.78 Å². The number of nitrogens with one attached hydrogen (secondary N) is 1. The van der Waals surface area contributed by atoms with Crippen LogP contribution < -0.4 is 5.32 Å². The lowest BCUT2D eigenvalue weighted by Gasteiger charge is -2.13. The summed E-state index contributed by atoms with van der Waals surface area (Å²) in [7, 11) is 1.79. The molecule has 0 aromatic heterocycles. The Morgan fingerprint density at radius 3 is 3.00 bits per heavy atom. The lowest BCUT2D eigenvalue weighted by molar-refractivity contribution is 0.0992. The zero-order chi connectivity index (χ0) is 11.4. The summed E-state index contributed by atoms with van der Waals surface area (Å²) < 4.78 is 5.38. The molecule has 1 atom stereocenters. The summed E-state index contributed by atoms with van der Waals surface area (Å²) in [5.41, 5.74) is 1.98. The van der Waals surface area contributed by atoms with E-state index in [0.29, 0.717) is 12.5 Å². The molecule has 1 heterocycles. The van der Waals surface area contributed by atoms with Crippen molar-refractivity contribution in [2.45, 2.75) is 12.3 Å². The number of Topliss-reactive ketones (excluding diaryl/α,β-unsaturated/α-hetero) is 1. The van der Waals surface area contributed by atoms with Crippen LogP contribution in [-0.2, 0) is 4.74 Å². The van der Waals surface area contributed by atoms with Gasteiger partial charge in [0.05, 0.1) is 13.2 Å². The van der Waals surface area contributed by atoms with E-state index >= 15 is 0 Å². The van der Waals surface area contributed by atoms with Gasteiger partial charge in [-0.3, -0.25) is 4.79 Å². The smallest absolute Gasteiger partial charge is 0.176 e. The van der Waals surface area contributed by atoms with E-state index in [0.717, 1.165) is 30.8 Å². The highest BCUT2D eigenvalue weighted by molar-refractivity contribution is 5.99. The highest BCUT2D eigenvalue weighted by Crippen LogP contribution is 2.27. The van der Waals surface area contributed by atoms with Gasteiger partial charge in [-0.25, -0.2) is 0 Å². The molecule has 3 heteroatoms. The van der Waals surface area contributed by atoms with Gasteiger partial charge < -0.3 is 10.1 Å². The van der Waals surface area contributed by atoms with Crippen molar-refractivity contribution in [1.29, 1.82) is 0 Å². The first-order valence-electron chi connectivity index (χ1n) is 5.67. The highest BCUT2D eigenvalue weighted by atomic mass is 16.5. The first kappa shape index (κ1) is 11.3. The Balaban J connectivity index is 2.26. The molecule has 1 aliphatic heterocycles. The van der Waals surface area contributed by atoms with Crippen LogP contribution in [0.4, 0.5) is 0 Å². The maximum absolute atomic E-state index is 11.9. The SMILES string of the molecule is CNCC(=O)c1ccccc1C1CCOC1. The van der Waals surface area contributed by atoms with Crippen molar-refractivity contribution in [3.8, 4) is 0 Å². The van der Waals surface area contributed by atoms with Crippen LogP contribution in [0.25, 0.3) is 0 Å². The number of hydrogen-bond acceptors (Lipinski definition) is 3. The molecule has 3 nitrogen and oxygen atoms in total. The maximum Gasteiger partial charge on any atom is 0.176 e. The quantitative estimate of drug-likeness (QED) is 0.782. The van der Waals surface area contributed by atoms with Gasteiger partial charge in [-0.2, -0.15) is 0 Å². The third kappa shape index (κ3) is 2.31. The molecular weight excluding hydrogens is 202 g/mol. The summed E-state index contributed by atoms with van der Waals surface area (Å²) in [5, 5.41) is 2.90. The molecule has 1 aromatic carbocycles. The number of carbonyl (C=O) groups is 1. The normalized spacial score (nSPS) is 19.9. The lowest BCUT2D eigenvalue weighted by atomic mass is 9.92. The van der Waals surface area contributed by atoms with Crippen molar-refractivity contribution in [2.24, 2.45) is 0 Å². The molecule has 1 unspecified atom stereocenters. The molecule has 2 rings (SSSR count). The number of likely N-dealkylation sites (N-methyl/N-ethyl adjacent to an activating group) is 1. The summed E-state index contributed by atoms with van der Waals surface area (Å²) in [6, 6.07) is 7.86. The summed E-state index contributed by atoms with van der Waals surface area (Å²) >= 11 is 0. The number of ether oxygens (including phenoxy) is 1. The molecule has 1 saturated heterocycles. The van der Waals surface area contributed by atoms with Crippen molar-refractivity contribution < 1.29 is 9.53 Å². The van der Waals surface area contributed by atoms with Gasteiger partial charge in [-0.05, 0) is 19.0 Å². The molecule has 1 aliphatic rings. The molecule has 1 N–H and O–H groups in total. The fourth-order valence-electron chi connectivity index (χ4n) is 2.14. The summed E-state index contributed by atoms with van der Waals surface area (Å²) in [6.07, 6.45) is 1.02. The van der Waals surface area contributed by atoms with Crippen LogP contribution in [0.2, 0.25) is 0 Å². The Hall–Kier alpha value is -1.19. The van der Waals surface area contributed by atoms with Crippen LogP contribution in [0.3, 0.4) is 0 Å². The Kier molecular flexibility index (Phi) is 3.70. The second kappa shape index (κ2) is 5.23. The number of ketones is 1. The van der Waals surface area contributed by atoms with Crippen LogP contribution in [0, 0.1) is 0 Å². The average molecular weight is 219 g/mol. The molecule has 0 amide bonds. The van der Waals surface area contributed by atoms with Gasteiger partial charge in [-0.1, -0.05) is 24.3 Å². The second-order valence-electron chi connectivity index (χ2n) is 4.10. The zero-order valence-corrected chi connectivity index (χ0v) is 9.53. The zero-order valence-electron chi connectivity index (χ0n) is 9.53. The fraction of sp³-hybridized carbons (Fsp3) is 0.462. The molecule has 16 heavy (non-hydrogen) atoms. The molecule has 0 saturated carbocycles. The standard InChI is InChI=1S/C13H17NO2/c1-14-8-13(15)12-5-3-2-4-11(12)10-6-7-16-9-10/h2-5,10,14H,6-9H2,1H3. The third-order valence-corrected chi connectivity index (χ3v) is 2.97. The van der Waals surface area contributed by atoms with E-state index in [4.69, 9.17) is 4.74 Å². The van der Waals surface area contributed by atoms with E-state index in [1.807, 2.05) is 24.3 Å². The monoisotopic (exact) mass is 219 g/mol. The van der Waals surface area contributed by atoms with Gasteiger partial charge in [0.1, 0.15) is 0 Å². The third-order valence-electron chi connectivity index (χ3n) is 2.97. The number of carbonyl (C=O) groups excluding carboxylic acids is 1. The Bertz CT molecular complexity index is 370. The first-order chi connectivity index (χ1) is 7.83. The van der Waals surface area contributed by atoms with Crippen LogP contribution >= 0.6 is 0 Å². The van der Waals surface area contributed by atoms with Crippen molar-refractivity contribution >= 4 is 5.78 Å². The summed E-state index contributed by atoms with van der Waals surface area (Å²) in [5.74, 6) is 0.544. The van der Waals surface area contributed by atoms with Gasteiger partial charge in [0.25, 0.3) is 0 Å². The van der Waals surface area contributed by atoms with E-state index in [2.05, 4.69) is 5.32 Å². The van der Waals surface area contributed by atoms with Gasteiger partial charge in [0.2, 0.25) is 0 Å². The Morgan fingerprint density at radius 2 is 2.31 bits per heavy atom. The van der Waals surface area contributed by atoms with E-state index < -0.39 is 0 Å². The molecule has 0 bridgehead atoms. The Morgan fingerprint density at radius 1 is 1.50 bits per heavy atom. The molecular formula is C13H17NO2. The maximum atomic E-state index is 11.9.